The number of halogens is 1. The van der Waals surface area contributed by atoms with Crippen LogP contribution in [0.2, 0.25) is 5.02 Å². The molecule has 0 saturated heterocycles. The summed E-state index contributed by atoms with van der Waals surface area (Å²) < 4.78 is 16.7. The standard InChI is InChI=1S/C20H20ClN3O3/c1-25-17-11-14(18-23-19(24-27-18)20(22)9-2-10-20)5-8-16(17)26-12-13-3-6-15(21)7-4-13/h3-8,11H,2,9-10,12,22H2,1H3. The van der Waals surface area contributed by atoms with E-state index in [1.165, 1.54) is 0 Å². The minimum atomic E-state index is -0.451. The molecular weight excluding hydrogens is 366 g/mol. The van der Waals surface area contributed by atoms with E-state index in [0.29, 0.717) is 34.8 Å². The summed E-state index contributed by atoms with van der Waals surface area (Å²) in [6, 6.07) is 13.0. The third kappa shape index (κ3) is 3.63. The maximum Gasteiger partial charge on any atom is 0.258 e. The van der Waals surface area contributed by atoms with Crippen LogP contribution in [0.25, 0.3) is 11.5 Å². The Balaban J connectivity index is 1.51. The highest BCUT2D eigenvalue weighted by Crippen LogP contribution is 2.38. The van der Waals surface area contributed by atoms with Gasteiger partial charge < -0.3 is 19.7 Å². The number of aromatic nitrogens is 2. The predicted octanol–water partition coefficient (Wildman–Crippen LogP) is 4.32. The van der Waals surface area contributed by atoms with Gasteiger partial charge >= 0.3 is 0 Å². The second-order valence-electron chi connectivity index (χ2n) is 6.71. The van der Waals surface area contributed by atoms with Gasteiger partial charge in [-0.1, -0.05) is 28.9 Å². The third-order valence-electron chi connectivity index (χ3n) is 4.84. The lowest BCUT2D eigenvalue weighted by Crippen LogP contribution is -2.44. The zero-order valence-corrected chi connectivity index (χ0v) is 15.7. The Morgan fingerprint density at radius 3 is 2.59 bits per heavy atom. The van der Waals surface area contributed by atoms with Gasteiger partial charge in [0.15, 0.2) is 17.3 Å². The summed E-state index contributed by atoms with van der Waals surface area (Å²) in [5.41, 5.74) is 7.58. The second-order valence-corrected chi connectivity index (χ2v) is 7.15. The van der Waals surface area contributed by atoms with Gasteiger partial charge in [0.1, 0.15) is 6.61 Å². The smallest absolute Gasteiger partial charge is 0.258 e. The predicted molar refractivity (Wildman–Crippen MR) is 102 cm³/mol. The highest BCUT2D eigenvalue weighted by Gasteiger charge is 2.39. The molecule has 0 unspecified atom stereocenters. The van der Waals surface area contributed by atoms with Gasteiger partial charge in [-0.2, -0.15) is 4.98 Å². The molecule has 140 valence electrons. The van der Waals surface area contributed by atoms with Gasteiger partial charge in [-0.3, -0.25) is 0 Å². The van der Waals surface area contributed by atoms with E-state index in [1.807, 2.05) is 42.5 Å². The second kappa shape index (κ2) is 7.21. The fourth-order valence-corrected chi connectivity index (χ4v) is 3.11. The van der Waals surface area contributed by atoms with E-state index in [1.54, 1.807) is 7.11 Å². The van der Waals surface area contributed by atoms with Crippen LogP contribution in [-0.4, -0.2) is 17.3 Å². The molecule has 0 aliphatic heterocycles. The molecule has 4 rings (SSSR count). The van der Waals surface area contributed by atoms with Crippen molar-refractivity contribution in [2.75, 3.05) is 7.11 Å². The van der Waals surface area contributed by atoms with Crippen LogP contribution in [0.3, 0.4) is 0 Å². The Labute approximate surface area is 162 Å². The van der Waals surface area contributed by atoms with Crippen molar-refractivity contribution in [3.63, 3.8) is 0 Å². The molecule has 0 spiro atoms. The average molecular weight is 386 g/mol. The molecule has 1 aromatic heterocycles. The molecule has 2 N–H and O–H groups in total. The van der Waals surface area contributed by atoms with E-state index in [2.05, 4.69) is 10.1 Å². The first-order valence-electron chi connectivity index (χ1n) is 8.76. The first-order valence-corrected chi connectivity index (χ1v) is 9.14. The highest BCUT2D eigenvalue weighted by molar-refractivity contribution is 6.30. The number of benzene rings is 2. The van der Waals surface area contributed by atoms with Crippen molar-refractivity contribution >= 4 is 11.6 Å². The van der Waals surface area contributed by atoms with Crippen LogP contribution >= 0.6 is 11.6 Å². The number of nitrogens with two attached hydrogens (primary N) is 1. The first kappa shape index (κ1) is 17.8. The van der Waals surface area contributed by atoms with Crippen molar-refractivity contribution in [3.8, 4) is 23.0 Å². The molecule has 1 aliphatic rings. The summed E-state index contributed by atoms with van der Waals surface area (Å²) in [6.07, 6.45) is 2.85. The zero-order valence-electron chi connectivity index (χ0n) is 14.9. The lowest BCUT2D eigenvalue weighted by atomic mass is 9.77. The van der Waals surface area contributed by atoms with Crippen LogP contribution in [0.4, 0.5) is 0 Å². The summed E-state index contributed by atoms with van der Waals surface area (Å²) in [4.78, 5) is 4.47. The summed E-state index contributed by atoms with van der Waals surface area (Å²) in [6.45, 7) is 0.410. The highest BCUT2D eigenvalue weighted by atomic mass is 35.5. The number of methoxy groups -OCH3 is 1. The van der Waals surface area contributed by atoms with Crippen LogP contribution < -0.4 is 15.2 Å². The lowest BCUT2D eigenvalue weighted by Gasteiger charge is -2.34. The third-order valence-corrected chi connectivity index (χ3v) is 5.09. The van der Waals surface area contributed by atoms with Crippen LogP contribution in [0.5, 0.6) is 11.5 Å². The quantitative estimate of drug-likeness (QED) is 0.680. The molecular formula is C20H20ClN3O3. The van der Waals surface area contributed by atoms with Crippen LogP contribution in [0.15, 0.2) is 47.0 Å². The fraction of sp³-hybridized carbons (Fsp3) is 0.300. The number of nitrogens with zero attached hydrogens (tertiary/aromatic N) is 2. The Morgan fingerprint density at radius 1 is 1.15 bits per heavy atom. The zero-order chi connectivity index (χ0) is 18.9. The molecule has 7 heteroatoms. The van der Waals surface area contributed by atoms with Gasteiger partial charge in [0, 0.05) is 10.6 Å². The first-order chi connectivity index (χ1) is 13.1. The Bertz CT molecular complexity index is 936. The molecule has 2 aromatic carbocycles. The molecule has 1 fully saturated rings. The van der Waals surface area contributed by atoms with Crippen molar-refractivity contribution in [3.05, 3.63) is 58.9 Å². The van der Waals surface area contributed by atoms with E-state index in [-0.39, 0.29) is 0 Å². The molecule has 27 heavy (non-hydrogen) atoms. The van der Waals surface area contributed by atoms with Crippen LogP contribution in [-0.2, 0) is 12.1 Å². The van der Waals surface area contributed by atoms with E-state index in [4.69, 9.17) is 31.3 Å². The minimum absolute atomic E-state index is 0.410. The summed E-state index contributed by atoms with van der Waals surface area (Å²) in [5, 5.41) is 4.75. The maximum absolute atomic E-state index is 6.26. The van der Waals surface area contributed by atoms with E-state index < -0.39 is 5.54 Å². The van der Waals surface area contributed by atoms with Crippen molar-refractivity contribution in [2.45, 2.75) is 31.4 Å². The number of hydrogen-bond donors (Lipinski definition) is 1. The number of ether oxygens (including phenoxy) is 2. The van der Waals surface area contributed by atoms with E-state index in [9.17, 15) is 0 Å². The average Bonchev–Trinajstić information content (AvgIpc) is 3.16. The monoisotopic (exact) mass is 385 g/mol. The molecule has 1 aliphatic carbocycles. The Morgan fingerprint density at radius 2 is 1.93 bits per heavy atom. The molecule has 1 heterocycles. The maximum atomic E-state index is 6.26. The fourth-order valence-electron chi connectivity index (χ4n) is 2.99. The molecule has 1 saturated carbocycles. The largest absolute Gasteiger partial charge is 0.493 e. The van der Waals surface area contributed by atoms with Crippen molar-refractivity contribution < 1.29 is 14.0 Å². The SMILES string of the molecule is COc1cc(-c2nc(C3(N)CCC3)no2)ccc1OCc1ccc(Cl)cc1. The van der Waals surface area contributed by atoms with Gasteiger partial charge in [0.05, 0.1) is 12.6 Å². The molecule has 6 nitrogen and oxygen atoms in total. The van der Waals surface area contributed by atoms with Crippen molar-refractivity contribution in [1.82, 2.24) is 10.1 Å². The van der Waals surface area contributed by atoms with Crippen molar-refractivity contribution in [2.24, 2.45) is 5.73 Å². The molecule has 0 atom stereocenters. The molecule has 3 aromatic rings. The molecule has 0 radical (unpaired) electrons. The van der Waals surface area contributed by atoms with E-state index in [0.717, 1.165) is 30.4 Å². The normalized spacial score (nSPS) is 15.2. The Kier molecular flexibility index (Phi) is 4.76. The van der Waals surface area contributed by atoms with Gasteiger partial charge in [-0.25, -0.2) is 0 Å². The minimum Gasteiger partial charge on any atom is -0.493 e. The summed E-state index contributed by atoms with van der Waals surface area (Å²) >= 11 is 5.91. The summed E-state index contributed by atoms with van der Waals surface area (Å²) in [7, 11) is 1.59. The molecule has 0 bridgehead atoms. The summed E-state index contributed by atoms with van der Waals surface area (Å²) in [5.74, 6) is 2.20. The van der Waals surface area contributed by atoms with E-state index >= 15 is 0 Å². The van der Waals surface area contributed by atoms with Crippen LogP contribution in [0.1, 0.15) is 30.7 Å². The number of rotatable bonds is 6. The lowest BCUT2D eigenvalue weighted by molar-refractivity contribution is 0.229. The number of hydrogen-bond acceptors (Lipinski definition) is 6. The van der Waals surface area contributed by atoms with Gasteiger partial charge in [0.2, 0.25) is 0 Å². The molecule has 0 amide bonds. The Hall–Kier alpha value is -2.57. The van der Waals surface area contributed by atoms with Crippen molar-refractivity contribution in [1.29, 1.82) is 0 Å². The topological polar surface area (TPSA) is 83.4 Å². The van der Waals surface area contributed by atoms with Gasteiger partial charge in [0.25, 0.3) is 5.89 Å². The van der Waals surface area contributed by atoms with Gasteiger partial charge in [-0.05, 0) is 55.2 Å². The van der Waals surface area contributed by atoms with Crippen LogP contribution in [0, 0.1) is 0 Å². The van der Waals surface area contributed by atoms with Gasteiger partial charge in [-0.15, -0.1) is 0 Å².